The average molecular weight is 539 g/mol. The van der Waals surface area contributed by atoms with E-state index in [1.807, 2.05) is 69.3 Å². The lowest BCUT2D eigenvalue weighted by Gasteiger charge is -2.25. The number of benzene rings is 2. The Morgan fingerprint density at radius 2 is 1.85 bits per heavy atom. The van der Waals surface area contributed by atoms with Crippen LogP contribution in [-0.2, 0) is 25.4 Å². The van der Waals surface area contributed by atoms with Gasteiger partial charge in [-0.1, -0.05) is 54.6 Å². The quantitative estimate of drug-likeness (QED) is 0.314. The third kappa shape index (κ3) is 7.28. The Morgan fingerprint density at radius 3 is 2.56 bits per heavy atom. The summed E-state index contributed by atoms with van der Waals surface area (Å²) in [5.41, 5.74) is 1.93. The van der Waals surface area contributed by atoms with Crippen molar-refractivity contribution in [3.8, 4) is 11.5 Å². The number of ether oxygens (including phenoxy) is 6. The lowest BCUT2D eigenvalue weighted by atomic mass is 9.92. The van der Waals surface area contributed by atoms with E-state index in [1.165, 1.54) is 7.11 Å². The van der Waals surface area contributed by atoms with Crippen LogP contribution in [-0.4, -0.2) is 62.3 Å². The Kier molecular flexibility index (Phi) is 9.45. The summed E-state index contributed by atoms with van der Waals surface area (Å²) in [6.07, 6.45) is 5.99. The standard InChI is InChI=1S/C31H38O8/c1-20-22(16-21-10-7-6-8-11-21)14-15-25(32)29-26(38-31(2,3)39-29)13-9-12-23-17-24(35-5)18-27(36-19-34-4)28(23)30(33)37-20/h6-12,14-15,17-18,20,22,25-26,29,32H,13,16,19H2,1-5H3/b12-9?,15-14-/t20-,22-,25?,26-,29+/m0/s1. The molecule has 0 saturated carbocycles. The maximum absolute atomic E-state index is 13.7. The Hall–Kier alpha value is -3.17. The van der Waals surface area contributed by atoms with Crippen molar-refractivity contribution >= 4 is 12.0 Å². The zero-order chi connectivity index (χ0) is 28.0. The summed E-state index contributed by atoms with van der Waals surface area (Å²) in [5.74, 6) is -0.775. The van der Waals surface area contributed by atoms with Crippen molar-refractivity contribution in [3.63, 3.8) is 0 Å². The zero-order valence-corrected chi connectivity index (χ0v) is 23.2. The molecule has 0 radical (unpaired) electrons. The molecular weight excluding hydrogens is 500 g/mol. The first-order chi connectivity index (χ1) is 18.7. The molecule has 2 heterocycles. The number of carbonyl (C=O) groups excluding carboxylic acids is 1. The highest BCUT2D eigenvalue weighted by atomic mass is 16.8. The van der Waals surface area contributed by atoms with Gasteiger partial charge in [0.2, 0.25) is 0 Å². The molecule has 0 amide bonds. The SMILES string of the molecule is COCOc1cc(OC)cc2c1C(=O)O[C@@H](C)[C@H](Cc1ccccc1)/C=C\C(O)[C@H]1OC(C)(C)O[C@H]1CC=C2. The number of hydrogen-bond donors (Lipinski definition) is 1. The van der Waals surface area contributed by atoms with Crippen LogP contribution in [0.3, 0.4) is 0 Å². The van der Waals surface area contributed by atoms with Crippen molar-refractivity contribution < 1.29 is 38.3 Å². The highest BCUT2D eigenvalue weighted by molar-refractivity contribution is 5.97. The Labute approximate surface area is 230 Å². The summed E-state index contributed by atoms with van der Waals surface area (Å²) in [6, 6.07) is 13.4. The molecular formula is C31H38O8. The first-order valence-electron chi connectivity index (χ1n) is 13.2. The number of cyclic esters (lactones) is 1. The molecule has 1 N–H and O–H groups in total. The minimum absolute atomic E-state index is 0.0482. The lowest BCUT2D eigenvalue weighted by molar-refractivity contribution is -0.152. The van der Waals surface area contributed by atoms with Gasteiger partial charge in [-0.05, 0) is 50.8 Å². The first-order valence-corrected chi connectivity index (χ1v) is 13.2. The van der Waals surface area contributed by atoms with Crippen LogP contribution in [0.2, 0.25) is 0 Å². The molecule has 1 fully saturated rings. The average Bonchev–Trinajstić information content (AvgIpc) is 3.23. The van der Waals surface area contributed by atoms with Gasteiger partial charge in [0.05, 0.1) is 13.2 Å². The normalized spacial score (nSPS) is 27.5. The van der Waals surface area contributed by atoms with E-state index in [2.05, 4.69) is 0 Å². The number of aliphatic hydroxyl groups excluding tert-OH is 1. The highest BCUT2D eigenvalue weighted by Gasteiger charge is 2.43. The second-order valence-electron chi connectivity index (χ2n) is 10.3. The van der Waals surface area contributed by atoms with Crippen LogP contribution in [0.15, 0.2) is 60.7 Å². The molecule has 8 nitrogen and oxygen atoms in total. The summed E-state index contributed by atoms with van der Waals surface area (Å²) in [7, 11) is 3.06. The van der Waals surface area contributed by atoms with Gasteiger partial charge in [0.15, 0.2) is 12.6 Å². The maximum Gasteiger partial charge on any atom is 0.342 e. The molecule has 0 aromatic heterocycles. The molecule has 0 aliphatic carbocycles. The van der Waals surface area contributed by atoms with E-state index in [-0.39, 0.29) is 18.3 Å². The van der Waals surface area contributed by atoms with E-state index < -0.39 is 36.2 Å². The van der Waals surface area contributed by atoms with Crippen LogP contribution in [0.5, 0.6) is 11.5 Å². The molecule has 2 aromatic carbocycles. The van der Waals surface area contributed by atoms with Crippen LogP contribution in [0.1, 0.15) is 48.7 Å². The smallest absolute Gasteiger partial charge is 0.342 e. The van der Waals surface area contributed by atoms with Gasteiger partial charge >= 0.3 is 5.97 Å². The molecule has 39 heavy (non-hydrogen) atoms. The summed E-state index contributed by atoms with van der Waals surface area (Å²) in [6.45, 7) is 5.47. The van der Waals surface area contributed by atoms with E-state index >= 15 is 0 Å². The van der Waals surface area contributed by atoms with Crippen LogP contribution in [0.4, 0.5) is 0 Å². The molecule has 210 valence electrons. The fraction of sp³-hybridized carbons (Fsp3) is 0.452. The van der Waals surface area contributed by atoms with Crippen LogP contribution in [0.25, 0.3) is 6.08 Å². The summed E-state index contributed by atoms with van der Waals surface area (Å²) in [5, 5.41) is 11.1. The zero-order valence-electron chi connectivity index (χ0n) is 23.2. The molecule has 2 aromatic rings. The minimum Gasteiger partial charge on any atom is -0.497 e. The number of fused-ring (bicyclic) bond motifs is 2. The topological polar surface area (TPSA) is 92.7 Å². The Balaban J connectivity index is 1.77. The Bertz CT molecular complexity index is 1170. The van der Waals surface area contributed by atoms with Crippen LogP contribution < -0.4 is 9.47 Å². The van der Waals surface area contributed by atoms with Gasteiger partial charge < -0.3 is 33.5 Å². The van der Waals surface area contributed by atoms with Gasteiger partial charge in [0.25, 0.3) is 0 Å². The van der Waals surface area contributed by atoms with Crippen molar-refractivity contribution in [2.75, 3.05) is 21.0 Å². The van der Waals surface area contributed by atoms with Crippen molar-refractivity contribution in [2.24, 2.45) is 5.92 Å². The van der Waals surface area contributed by atoms with Crippen LogP contribution in [0, 0.1) is 5.92 Å². The lowest BCUT2D eigenvalue weighted by Crippen LogP contribution is -2.34. The third-order valence-corrected chi connectivity index (χ3v) is 6.87. The molecule has 1 unspecified atom stereocenters. The predicted molar refractivity (Wildman–Crippen MR) is 147 cm³/mol. The second-order valence-corrected chi connectivity index (χ2v) is 10.3. The van der Waals surface area contributed by atoms with Gasteiger partial charge in [0, 0.05) is 19.1 Å². The molecule has 2 aliphatic heterocycles. The van der Waals surface area contributed by atoms with Gasteiger partial charge in [-0.25, -0.2) is 4.79 Å². The van der Waals surface area contributed by atoms with E-state index in [4.69, 9.17) is 28.4 Å². The van der Waals surface area contributed by atoms with Gasteiger partial charge in [0.1, 0.15) is 35.4 Å². The summed E-state index contributed by atoms with van der Waals surface area (Å²) < 4.78 is 34.6. The minimum atomic E-state index is -0.907. The van der Waals surface area contributed by atoms with E-state index in [0.29, 0.717) is 29.9 Å². The number of esters is 1. The number of carbonyl (C=O) groups is 1. The first kappa shape index (κ1) is 28.8. The Morgan fingerprint density at radius 1 is 1.08 bits per heavy atom. The van der Waals surface area contributed by atoms with Crippen LogP contribution >= 0.6 is 0 Å². The molecule has 4 rings (SSSR count). The van der Waals surface area contributed by atoms with Crippen molar-refractivity contribution in [1.82, 2.24) is 0 Å². The van der Waals surface area contributed by atoms with Crippen molar-refractivity contribution in [2.45, 2.75) is 63.8 Å². The largest absolute Gasteiger partial charge is 0.497 e. The highest BCUT2D eigenvalue weighted by Crippen LogP contribution is 2.35. The summed E-state index contributed by atoms with van der Waals surface area (Å²) in [4.78, 5) is 13.7. The number of hydrogen-bond acceptors (Lipinski definition) is 8. The monoisotopic (exact) mass is 538 g/mol. The number of methoxy groups -OCH3 is 2. The van der Waals surface area contributed by atoms with Gasteiger partial charge in [-0.15, -0.1) is 0 Å². The summed E-state index contributed by atoms with van der Waals surface area (Å²) >= 11 is 0. The van der Waals surface area contributed by atoms with E-state index in [0.717, 1.165) is 5.56 Å². The third-order valence-electron chi connectivity index (χ3n) is 6.87. The van der Waals surface area contributed by atoms with Gasteiger partial charge in [-0.3, -0.25) is 0 Å². The molecule has 8 heteroatoms. The second kappa shape index (κ2) is 12.8. The maximum atomic E-state index is 13.7. The molecule has 0 spiro atoms. The number of aliphatic hydroxyl groups is 1. The van der Waals surface area contributed by atoms with Crippen molar-refractivity contribution in [1.29, 1.82) is 0 Å². The van der Waals surface area contributed by atoms with E-state index in [1.54, 1.807) is 25.3 Å². The van der Waals surface area contributed by atoms with Crippen molar-refractivity contribution in [3.05, 3.63) is 77.4 Å². The fourth-order valence-corrected chi connectivity index (χ4v) is 4.94. The fourth-order valence-electron chi connectivity index (χ4n) is 4.94. The molecule has 0 bridgehead atoms. The number of rotatable bonds is 6. The van der Waals surface area contributed by atoms with E-state index in [9.17, 15) is 9.90 Å². The molecule has 1 saturated heterocycles. The van der Waals surface area contributed by atoms with Gasteiger partial charge in [-0.2, -0.15) is 0 Å². The molecule has 2 aliphatic rings. The predicted octanol–water partition coefficient (Wildman–Crippen LogP) is 4.94. The molecule has 5 atom stereocenters.